The smallest absolute Gasteiger partial charge is 0.265 e. The van der Waals surface area contributed by atoms with Crippen LogP contribution in [0.5, 0.6) is 17.2 Å². The maximum Gasteiger partial charge on any atom is 0.265 e. The maximum absolute atomic E-state index is 13.8. The second kappa shape index (κ2) is 13.7. The van der Waals surface area contributed by atoms with Gasteiger partial charge in [0.15, 0.2) is 11.5 Å². The number of nitrogens with one attached hydrogen (secondary N) is 1. The number of carbonyl (C=O) groups is 1. The highest BCUT2D eigenvalue weighted by Gasteiger charge is 2.30. The van der Waals surface area contributed by atoms with E-state index < -0.39 is 22.5 Å². The van der Waals surface area contributed by atoms with Crippen LogP contribution in [-0.4, -0.2) is 73.3 Å². The van der Waals surface area contributed by atoms with E-state index in [2.05, 4.69) is 10.2 Å². The zero-order valence-corrected chi connectivity index (χ0v) is 23.2. The lowest BCUT2D eigenvalue weighted by Gasteiger charge is -2.26. The third-order valence-corrected chi connectivity index (χ3v) is 8.30. The van der Waals surface area contributed by atoms with E-state index in [9.17, 15) is 13.2 Å². The number of hydrogen-bond acceptors (Lipinski definition) is 7. The van der Waals surface area contributed by atoms with Crippen LogP contribution < -0.4 is 23.8 Å². The SMILES string of the molecule is COc1ccc(S(=O)(=O)N(CC(=O)NCCCN2CCCCCC2)c2cc(Cl)ccc2OC)cc1OC. The molecule has 1 aliphatic heterocycles. The number of nitrogens with zero attached hydrogens (tertiary/aromatic N) is 2. The number of amides is 1. The van der Waals surface area contributed by atoms with Crippen LogP contribution in [0.25, 0.3) is 0 Å². The van der Waals surface area contributed by atoms with Crippen LogP contribution >= 0.6 is 11.6 Å². The summed E-state index contributed by atoms with van der Waals surface area (Å²) in [6, 6.07) is 8.88. The van der Waals surface area contributed by atoms with Gasteiger partial charge in [0.2, 0.25) is 5.91 Å². The summed E-state index contributed by atoms with van der Waals surface area (Å²) >= 11 is 6.21. The molecule has 204 valence electrons. The summed E-state index contributed by atoms with van der Waals surface area (Å²) < 4.78 is 44.6. The Bertz CT molecular complexity index is 1150. The average molecular weight is 554 g/mol. The largest absolute Gasteiger partial charge is 0.495 e. The van der Waals surface area contributed by atoms with Crippen LogP contribution in [0.2, 0.25) is 5.02 Å². The summed E-state index contributed by atoms with van der Waals surface area (Å²) in [5.41, 5.74) is 0.157. The number of carbonyl (C=O) groups excluding carboxylic acids is 1. The molecule has 1 aliphatic rings. The second-order valence-electron chi connectivity index (χ2n) is 8.80. The van der Waals surface area contributed by atoms with E-state index in [1.165, 1.54) is 71.3 Å². The highest BCUT2D eigenvalue weighted by Crippen LogP contribution is 2.36. The molecule has 0 atom stereocenters. The minimum absolute atomic E-state index is 0.0684. The molecular formula is C26H36ClN3O6S. The lowest BCUT2D eigenvalue weighted by molar-refractivity contribution is -0.119. The van der Waals surface area contributed by atoms with Crippen LogP contribution in [0.3, 0.4) is 0 Å². The molecule has 0 aromatic heterocycles. The van der Waals surface area contributed by atoms with Crippen molar-refractivity contribution >= 4 is 33.2 Å². The fourth-order valence-corrected chi connectivity index (χ4v) is 5.94. The lowest BCUT2D eigenvalue weighted by atomic mass is 10.2. The first-order valence-electron chi connectivity index (χ1n) is 12.4. The van der Waals surface area contributed by atoms with Crippen molar-refractivity contribution in [3.8, 4) is 17.2 Å². The highest BCUT2D eigenvalue weighted by molar-refractivity contribution is 7.92. The number of benzene rings is 2. The van der Waals surface area contributed by atoms with Crippen molar-refractivity contribution < 1.29 is 27.4 Å². The molecule has 1 heterocycles. The van der Waals surface area contributed by atoms with E-state index in [1.807, 2.05) is 0 Å². The van der Waals surface area contributed by atoms with Crippen LogP contribution in [-0.2, 0) is 14.8 Å². The number of sulfonamides is 1. The second-order valence-corrected chi connectivity index (χ2v) is 11.1. The number of rotatable bonds is 12. The van der Waals surface area contributed by atoms with Gasteiger partial charge in [-0.2, -0.15) is 0 Å². The van der Waals surface area contributed by atoms with Gasteiger partial charge in [-0.3, -0.25) is 9.10 Å². The summed E-state index contributed by atoms with van der Waals surface area (Å²) in [7, 11) is 0.0960. The van der Waals surface area contributed by atoms with E-state index >= 15 is 0 Å². The fraction of sp³-hybridized carbons (Fsp3) is 0.500. The first-order valence-corrected chi connectivity index (χ1v) is 14.2. The predicted molar refractivity (Wildman–Crippen MR) is 145 cm³/mol. The Morgan fingerprint density at radius 1 is 0.946 bits per heavy atom. The minimum atomic E-state index is -4.22. The third-order valence-electron chi connectivity index (χ3n) is 6.31. The van der Waals surface area contributed by atoms with Gasteiger partial charge in [0.05, 0.1) is 31.9 Å². The van der Waals surface area contributed by atoms with E-state index in [4.69, 9.17) is 25.8 Å². The highest BCUT2D eigenvalue weighted by atomic mass is 35.5. The molecule has 2 aromatic carbocycles. The van der Waals surface area contributed by atoms with Gasteiger partial charge in [-0.05, 0) is 69.2 Å². The number of hydrogen-bond donors (Lipinski definition) is 1. The molecule has 0 aliphatic carbocycles. The Hall–Kier alpha value is -2.69. The molecule has 0 unspecified atom stereocenters. The van der Waals surface area contributed by atoms with Crippen molar-refractivity contribution in [1.82, 2.24) is 10.2 Å². The molecule has 0 saturated carbocycles. The van der Waals surface area contributed by atoms with E-state index in [-0.39, 0.29) is 22.1 Å². The molecule has 1 saturated heterocycles. The zero-order valence-electron chi connectivity index (χ0n) is 21.7. The Morgan fingerprint density at radius 2 is 1.59 bits per heavy atom. The number of likely N-dealkylation sites (tertiary alicyclic amines) is 1. The summed E-state index contributed by atoms with van der Waals surface area (Å²) in [5, 5.41) is 3.17. The molecule has 0 bridgehead atoms. The Kier molecular flexibility index (Phi) is 10.7. The number of halogens is 1. The molecule has 0 radical (unpaired) electrons. The maximum atomic E-state index is 13.8. The lowest BCUT2D eigenvalue weighted by Crippen LogP contribution is -2.41. The first kappa shape index (κ1) is 28.9. The summed E-state index contributed by atoms with van der Waals surface area (Å²) in [4.78, 5) is 15.3. The standard InChI is InChI=1S/C26H36ClN3O6S/c1-34-23-11-9-20(27)17-22(23)30(37(32,33)21-10-12-24(35-2)25(18-21)36-3)19-26(31)28-13-8-16-29-14-6-4-5-7-15-29/h9-12,17-18H,4-8,13-16,19H2,1-3H3,(H,28,31). The fourth-order valence-electron chi connectivity index (χ4n) is 4.34. The Labute approximate surface area is 224 Å². The Morgan fingerprint density at radius 3 is 2.24 bits per heavy atom. The first-order chi connectivity index (χ1) is 17.8. The van der Waals surface area contributed by atoms with Crippen molar-refractivity contribution in [1.29, 1.82) is 0 Å². The molecule has 3 rings (SSSR count). The topological polar surface area (TPSA) is 97.4 Å². The van der Waals surface area contributed by atoms with E-state index in [1.54, 1.807) is 12.1 Å². The van der Waals surface area contributed by atoms with Crippen molar-refractivity contribution in [3.05, 3.63) is 41.4 Å². The van der Waals surface area contributed by atoms with Crippen molar-refractivity contribution in [3.63, 3.8) is 0 Å². The van der Waals surface area contributed by atoms with Crippen LogP contribution in [0.4, 0.5) is 5.69 Å². The molecule has 1 amide bonds. The minimum Gasteiger partial charge on any atom is -0.495 e. The average Bonchev–Trinajstić information content (AvgIpc) is 3.18. The van der Waals surface area contributed by atoms with Crippen LogP contribution in [0.1, 0.15) is 32.1 Å². The number of ether oxygens (including phenoxy) is 3. The molecule has 37 heavy (non-hydrogen) atoms. The normalized spacial score (nSPS) is 14.5. The van der Waals surface area contributed by atoms with Crippen molar-refractivity contribution in [2.24, 2.45) is 0 Å². The van der Waals surface area contributed by atoms with Gasteiger partial charge < -0.3 is 24.4 Å². The van der Waals surface area contributed by atoms with Gasteiger partial charge in [-0.15, -0.1) is 0 Å². The van der Waals surface area contributed by atoms with Crippen LogP contribution in [0, 0.1) is 0 Å². The Balaban J connectivity index is 1.81. The molecule has 9 nitrogen and oxygen atoms in total. The molecule has 0 spiro atoms. The van der Waals surface area contributed by atoms with Gasteiger partial charge in [-0.25, -0.2) is 8.42 Å². The molecule has 1 fully saturated rings. The van der Waals surface area contributed by atoms with E-state index in [0.717, 1.165) is 30.4 Å². The summed E-state index contributed by atoms with van der Waals surface area (Å²) in [5.74, 6) is 0.472. The third kappa shape index (κ3) is 7.66. The van der Waals surface area contributed by atoms with Gasteiger partial charge in [0, 0.05) is 17.6 Å². The quantitative estimate of drug-likeness (QED) is 0.397. The predicted octanol–water partition coefficient (Wildman–Crippen LogP) is 3.94. The monoisotopic (exact) mass is 553 g/mol. The molecule has 1 N–H and O–H groups in total. The van der Waals surface area contributed by atoms with Gasteiger partial charge in [0.25, 0.3) is 10.0 Å². The van der Waals surface area contributed by atoms with Crippen LogP contribution in [0.15, 0.2) is 41.3 Å². The molecular weight excluding hydrogens is 518 g/mol. The van der Waals surface area contributed by atoms with E-state index in [0.29, 0.717) is 17.3 Å². The summed E-state index contributed by atoms with van der Waals surface area (Å²) in [6.45, 7) is 3.07. The van der Waals surface area contributed by atoms with Gasteiger partial charge in [-0.1, -0.05) is 24.4 Å². The zero-order chi connectivity index (χ0) is 26.8. The number of anilines is 1. The van der Waals surface area contributed by atoms with Gasteiger partial charge in [0.1, 0.15) is 12.3 Å². The van der Waals surface area contributed by atoms with Gasteiger partial charge >= 0.3 is 0 Å². The number of methoxy groups -OCH3 is 3. The van der Waals surface area contributed by atoms with Crippen molar-refractivity contribution in [2.45, 2.75) is 37.0 Å². The van der Waals surface area contributed by atoms with Crippen molar-refractivity contribution in [2.75, 3.05) is 58.4 Å². The molecule has 2 aromatic rings. The summed E-state index contributed by atoms with van der Waals surface area (Å²) in [6.07, 6.45) is 5.73. The molecule has 11 heteroatoms.